The molecule has 0 aliphatic heterocycles. The number of nitrogens with zero attached hydrogens (tertiary/aromatic N) is 1. The second-order valence-corrected chi connectivity index (χ2v) is 5.44. The van der Waals surface area contributed by atoms with Crippen LogP contribution in [0.3, 0.4) is 0 Å². The summed E-state index contributed by atoms with van der Waals surface area (Å²) in [4.78, 5) is 22.7. The second-order valence-electron chi connectivity index (χ2n) is 5.44. The van der Waals surface area contributed by atoms with E-state index in [1.165, 1.54) is 13.3 Å². The van der Waals surface area contributed by atoms with Crippen LogP contribution in [0, 0.1) is 0 Å². The van der Waals surface area contributed by atoms with Crippen LogP contribution in [0.1, 0.15) is 16.1 Å². The fraction of sp³-hybridized carbons (Fsp3) is 0.105. The van der Waals surface area contributed by atoms with E-state index in [1.54, 1.807) is 30.3 Å². The zero-order valence-corrected chi connectivity index (χ0v) is 14.3. The Kier molecular flexibility index (Phi) is 5.36. The van der Waals surface area contributed by atoms with E-state index in [0.29, 0.717) is 22.6 Å². The third-order valence-electron chi connectivity index (χ3n) is 3.57. The van der Waals surface area contributed by atoms with Gasteiger partial charge in [0.1, 0.15) is 5.58 Å². The maximum atomic E-state index is 12.1. The van der Waals surface area contributed by atoms with Crippen LogP contribution in [0.15, 0.2) is 58.0 Å². The van der Waals surface area contributed by atoms with Gasteiger partial charge in [-0.2, -0.15) is 5.10 Å². The van der Waals surface area contributed by atoms with Gasteiger partial charge in [0.05, 0.1) is 13.3 Å². The zero-order valence-electron chi connectivity index (χ0n) is 14.3. The number of ether oxygens (including phenoxy) is 2. The number of carboxylic acid groups (broad SMARTS) is 1. The number of carboxylic acids is 1. The van der Waals surface area contributed by atoms with Crippen LogP contribution in [0.4, 0.5) is 0 Å². The lowest BCUT2D eigenvalue weighted by atomic mass is 10.2. The molecule has 0 unspecified atom stereocenters. The van der Waals surface area contributed by atoms with E-state index in [4.69, 9.17) is 19.0 Å². The number of carbonyl (C=O) groups is 2. The number of carbonyl (C=O) groups excluding carboxylic acids is 1. The van der Waals surface area contributed by atoms with Gasteiger partial charge in [-0.25, -0.2) is 10.2 Å². The number of hydrazone groups is 1. The van der Waals surface area contributed by atoms with Crippen molar-refractivity contribution < 1.29 is 28.6 Å². The molecule has 2 aromatic carbocycles. The van der Waals surface area contributed by atoms with Crippen LogP contribution >= 0.6 is 0 Å². The Morgan fingerprint density at radius 2 is 2.00 bits per heavy atom. The van der Waals surface area contributed by atoms with Crippen molar-refractivity contribution in [2.45, 2.75) is 0 Å². The first-order valence-corrected chi connectivity index (χ1v) is 7.91. The predicted octanol–water partition coefficient (Wildman–Crippen LogP) is 2.67. The molecule has 1 amide bonds. The molecule has 0 saturated carbocycles. The maximum Gasteiger partial charge on any atom is 0.341 e. The first-order chi connectivity index (χ1) is 13.1. The molecule has 8 heteroatoms. The maximum absolute atomic E-state index is 12.1. The molecule has 0 aliphatic carbocycles. The monoisotopic (exact) mass is 368 g/mol. The third kappa shape index (κ3) is 4.43. The first-order valence-electron chi connectivity index (χ1n) is 7.91. The molecule has 0 atom stereocenters. The molecule has 0 saturated heterocycles. The molecule has 27 heavy (non-hydrogen) atoms. The van der Waals surface area contributed by atoms with Gasteiger partial charge in [-0.1, -0.05) is 18.2 Å². The number of hydrogen-bond donors (Lipinski definition) is 2. The minimum atomic E-state index is -1.09. The van der Waals surface area contributed by atoms with E-state index in [-0.39, 0.29) is 5.76 Å². The van der Waals surface area contributed by atoms with Crippen LogP contribution in [0.25, 0.3) is 11.0 Å². The van der Waals surface area contributed by atoms with Crippen molar-refractivity contribution >= 4 is 29.1 Å². The van der Waals surface area contributed by atoms with Gasteiger partial charge in [0, 0.05) is 5.39 Å². The van der Waals surface area contributed by atoms with E-state index in [0.717, 1.165) is 5.39 Å². The summed E-state index contributed by atoms with van der Waals surface area (Å²) >= 11 is 0. The fourth-order valence-electron chi connectivity index (χ4n) is 2.34. The number of furan rings is 1. The largest absolute Gasteiger partial charge is 0.493 e. The fourth-order valence-corrected chi connectivity index (χ4v) is 2.34. The van der Waals surface area contributed by atoms with Crippen LogP contribution in [0.2, 0.25) is 0 Å². The number of para-hydroxylation sites is 1. The summed E-state index contributed by atoms with van der Waals surface area (Å²) in [5, 5.41) is 13.4. The molecule has 8 nitrogen and oxygen atoms in total. The molecule has 0 bridgehead atoms. The highest BCUT2D eigenvalue weighted by Gasteiger charge is 2.11. The lowest BCUT2D eigenvalue weighted by Gasteiger charge is -2.09. The number of benzene rings is 2. The Morgan fingerprint density at radius 3 is 2.74 bits per heavy atom. The molecule has 1 aromatic heterocycles. The van der Waals surface area contributed by atoms with Crippen molar-refractivity contribution in [2.24, 2.45) is 5.10 Å². The molecule has 2 N–H and O–H groups in total. The van der Waals surface area contributed by atoms with Crippen molar-refractivity contribution in [1.29, 1.82) is 0 Å². The summed E-state index contributed by atoms with van der Waals surface area (Å²) in [6.07, 6.45) is 1.42. The highest BCUT2D eigenvalue weighted by molar-refractivity contribution is 5.96. The standard InChI is InChI=1S/C19H16N2O6/c1-25-16-8-12(6-7-15(16)26-11-18(22)23)10-20-21-19(24)17-9-13-4-2-3-5-14(13)27-17/h2-10H,11H2,1H3,(H,21,24)(H,22,23)/b20-10+. The molecule has 138 valence electrons. The van der Waals surface area contributed by atoms with Gasteiger partial charge in [-0.3, -0.25) is 4.79 Å². The Bertz CT molecular complexity index is 975. The summed E-state index contributed by atoms with van der Waals surface area (Å²) in [6.45, 7) is -0.475. The van der Waals surface area contributed by atoms with Gasteiger partial charge in [-0.05, 0) is 35.9 Å². The van der Waals surface area contributed by atoms with E-state index in [9.17, 15) is 9.59 Å². The number of aliphatic carboxylic acids is 1. The summed E-state index contributed by atoms with van der Waals surface area (Å²) in [5.74, 6) is -0.762. The number of rotatable bonds is 7. The third-order valence-corrected chi connectivity index (χ3v) is 3.57. The predicted molar refractivity (Wildman–Crippen MR) is 97.4 cm³/mol. The van der Waals surface area contributed by atoms with Gasteiger partial charge in [0.15, 0.2) is 23.9 Å². The molecule has 0 fully saturated rings. The quantitative estimate of drug-likeness (QED) is 0.490. The van der Waals surface area contributed by atoms with Crippen LogP contribution in [0.5, 0.6) is 11.5 Å². The van der Waals surface area contributed by atoms with Gasteiger partial charge < -0.3 is 19.0 Å². The van der Waals surface area contributed by atoms with Gasteiger partial charge in [0.2, 0.25) is 0 Å². The average molecular weight is 368 g/mol. The SMILES string of the molecule is COc1cc(/C=N/NC(=O)c2cc3ccccc3o2)ccc1OCC(=O)O. The second kappa shape index (κ2) is 8.05. The molecule has 0 aliphatic rings. The minimum absolute atomic E-state index is 0.156. The summed E-state index contributed by atoms with van der Waals surface area (Å²) in [7, 11) is 1.44. The first kappa shape index (κ1) is 18.0. The Morgan fingerprint density at radius 1 is 1.19 bits per heavy atom. The van der Waals surface area contributed by atoms with Crippen LogP contribution < -0.4 is 14.9 Å². The number of hydrogen-bond acceptors (Lipinski definition) is 6. The molecule has 1 heterocycles. The summed E-state index contributed by atoms with van der Waals surface area (Å²) in [6, 6.07) is 13.7. The average Bonchev–Trinajstić information content (AvgIpc) is 3.11. The van der Waals surface area contributed by atoms with Crippen molar-refractivity contribution in [1.82, 2.24) is 5.43 Å². The molecule has 3 rings (SSSR count). The highest BCUT2D eigenvalue weighted by Crippen LogP contribution is 2.27. The minimum Gasteiger partial charge on any atom is -0.493 e. The number of amides is 1. The van der Waals surface area contributed by atoms with Gasteiger partial charge >= 0.3 is 11.9 Å². The Balaban J connectivity index is 1.66. The topological polar surface area (TPSA) is 110 Å². The number of fused-ring (bicyclic) bond motifs is 1. The van der Waals surface area contributed by atoms with Crippen molar-refractivity contribution in [3.8, 4) is 11.5 Å². The van der Waals surface area contributed by atoms with E-state index in [2.05, 4.69) is 10.5 Å². The van der Waals surface area contributed by atoms with Crippen LogP contribution in [-0.4, -0.2) is 36.9 Å². The summed E-state index contributed by atoms with van der Waals surface area (Å²) < 4.78 is 15.8. The van der Waals surface area contributed by atoms with Crippen molar-refractivity contribution in [3.05, 3.63) is 59.9 Å². The van der Waals surface area contributed by atoms with E-state index in [1.807, 2.05) is 18.2 Å². The molecule has 0 spiro atoms. The Hall–Kier alpha value is -3.81. The molecular formula is C19H16N2O6. The van der Waals surface area contributed by atoms with Crippen LogP contribution in [-0.2, 0) is 4.79 Å². The molecule has 0 radical (unpaired) electrons. The van der Waals surface area contributed by atoms with E-state index >= 15 is 0 Å². The van der Waals surface area contributed by atoms with Crippen molar-refractivity contribution in [2.75, 3.05) is 13.7 Å². The number of methoxy groups -OCH3 is 1. The Labute approximate surface area is 154 Å². The molecular weight excluding hydrogens is 352 g/mol. The lowest BCUT2D eigenvalue weighted by Crippen LogP contribution is -2.16. The van der Waals surface area contributed by atoms with Gasteiger partial charge in [-0.15, -0.1) is 0 Å². The van der Waals surface area contributed by atoms with Crippen molar-refractivity contribution in [3.63, 3.8) is 0 Å². The van der Waals surface area contributed by atoms with E-state index < -0.39 is 18.5 Å². The normalized spacial score (nSPS) is 10.9. The highest BCUT2D eigenvalue weighted by atomic mass is 16.5. The zero-order chi connectivity index (χ0) is 19.2. The summed E-state index contributed by atoms with van der Waals surface area (Å²) in [5.41, 5.74) is 3.63. The molecule has 3 aromatic rings. The van der Waals surface area contributed by atoms with Gasteiger partial charge in [0.25, 0.3) is 0 Å². The smallest absolute Gasteiger partial charge is 0.341 e. The lowest BCUT2D eigenvalue weighted by molar-refractivity contribution is -0.139. The number of nitrogens with one attached hydrogen (secondary N) is 1.